The van der Waals surface area contributed by atoms with Crippen LogP contribution >= 0.6 is 0 Å². The monoisotopic (exact) mass is 756 g/mol. The zero-order valence-electron chi connectivity index (χ0n) is 35.2. The molecule has 0 spiro atoms. The van der Waals surface area contributed by atoms with Crippen LogP contribution in [0, 0.1) is 55.4 Å². The van der Waals surface area contributed by atoms with Crippen LogP contribution in [0.1, 0.15) is 44.5 Å². The van der Waals surface area contributed by atoms with Gasteiger partial charge in [0, 0.05) is 22.7 Å². The fourth-order valence-corrected chi connectivity index (χ4v) is 9.08. The first-order chi connectivity index (χ1) is 28.0. The van der Waals surface area contributed by atoms with Gasteiger partial charge in [0.25, 0.3) is 0 Å². The second kappa shape index (κ2) is 14.9. The van der Waals surface area contributed by atoms with Crippen molar-refractivity contribution in [2.24, 2.45) is 0 Å². The number of anilines is 2. The van der Waals surface area contributed by atoms with Crippen molar-refractivity contribution in [3.05, 3.63) is 166 Å². The van der Waals surface area contributed by atoms with E-state index < -0.39 is 0 Å². The largest absolute Gasteiger partial charge is 0.333 e. The Morgan fingerprint density at radius 2 is 0.655 bits per heavy atom. The molecule has 8 aromatic carbocycles. The van der Waals surface area contributed by atoms with Gasteiger partial charge in [-0.15, -0.1) is 0 Å². The molecule has 0 aliphatic carbocycles. The third-order valence-corrected chi connectivity index (χ3v) is 12.1. The van der Waals surface area contributed by atoms with Crippen LogP contribution in [0.5, 0.6) is 0 Å². The van der Waals surface area contributed by atoms with Crippen molar-refractivity contribution in [2.45, 2.75) is 55.4 Å². The van der Waals surface area contributed by atoms with Gasteiger partial charge in [0.15, 0.2) is 0 Å². The number of hydrogen-bond donors (Lipinski definition) is 0. The Hall–Kier alpha value is -6.26. The van der Waals surface area contributed by atoms with Gasteiger partial charge in [-0.2, -0.15) is 0 Å². The molecule has 0 atom stereocenters. The second-order valence-corrected chi connectivity index (χ2v) is 16.6. The molecule has 0 fully saturated rings. The average molecular weight is 757 g/mol. The lowest BCUT2D eigenvalue weighted by Gasteiger charge is -2.20. The molecule has 0 amide bonds. The molecule has 4 nitrogen and oxygen atoms in total. The minimum Gasteiger partial charge on any atom is -0.333 e. The number of rotatable bonds is 4. The third-order valence-electron chi connectivity index (χ3n) is 12.1. The maximum absolute atomic E-state index is 3.70. The maximum atomic E-state index is 3.70. The van der Waals surface area contributed by atoms with E-state index in [0.29, 0.717) is 0 Å². The first kappa shape index (κ1) is 37.3. The Morgan fingerprint density at radius 3 is 1.02 bits per heavy atom. The molecule has 0 saturated heterocycles. The lowest BCUT2D eigenvalue weighted by Crippen LogP contribution is -2.19. The lowest BCUT2D eigenvalue weighted by atomic mass is 10.0. The first-order valence-electron chi connectivity index (χ1n) is 20.6. The Morgan fingerprint density at radius 1 is 0.362 bits per heavy atom. The molecule has 10 rings (SSSR count). The van der Waals surface area contributed by atoms with E-state index in [-0.39, 0.29) is 0 Å². The summed E-state index contributed by atoms with van der Waals surface area (Å²) in [5, 5.41) is 10.4. The van der Waals surface area contributed by atoms with Crippen molar-refractivity contribution < 1.29 is 9.15 Å². The van der Waals surface area contributed by atoms with Gasteiger partial charge in [-0.05, 0) is 98.5 Å². The summed E-state index contributed by atoms with van der Waals surface area (Å²) >= 11 is 0. The third kappa shape index (κ3) is 6.81. The minimum absolute atomic E-state index is 0.940. The van der Waals surface area contributed by atoms with Gasteiger partial charge in [-0.1, -0.05) is 166 Å². The van der Waals surface area contributed by atoms with Crippen LogP contribution in [0.25, 0.3) is 43.1 Å². The highest BCUT2D eigenvalue weighted by molar-refractivity contribution is 6.03. The first-order valence-corrected chi connectivity index (χ1v) is 20.6. The molecule has 2 heterocycles. The van der Waals surface area contributed by atoms with Crippen molar-refractivity contribution >= 4 is 78.5 Å². The molecular weight excluding hydrogens is 705 g/mol. The average Bonchev–Trinajstić information content (AvgIpc) is 3.88. The van der Waals surface area contributed by atoms with E-state index in [1.165, 1.54) is 110 Å². The highest BCUT2D eigenvalue weighted by Gasteiger charge is 2.23. The standard InChI is InChI=1S/2C27H26N2/c2*1-18-5-9-22-11-7-20(3)26(24(22)15-18)28-13-14-29(17-28)27-21(4)8-12-23-10-6-19(2)16-25(23)27/h2*5-12,15-16H,13-14H2,1-4H3. The van der Waals surface area contributed by atoms with Crippen molar-refractivity contribution in [3.8, 4) is 0 Å². The van der Waals surface area contributed by atoms with Crippen molar-refractivity contribution in [1.82, 2.24) is 0 Å². The fourth-order valence-electron chi connectivity index (χ4n) is 9.08. The van der Waals surface area contributed by atoms with Gasteiger partial charge in [-0.25, -0.2) is 0 Å². The Bertz CT molecular complexity index is 2780. The molecule has 4 heteroatoms. The summed E-state index contributed by atoms with van der Waals surface area (Å²) < 4.78 is 4.62. The molecule has 0 radical (unpaired) electrons. The van der Waals surface area contributed by atoms with Gasteiger partial charge in [0.05, 0.1) is 0 Å². The Kier molecular flexibility index (Phi) is 9.60. The molecule has 2 aliphatic rings. The molecule has 58 heavy (non-hydrogen) atoms. The molecule has 0 saturated carbocycles. The maximum Gasteiger partial charge on any atom is 0.206 e. The summed E-state index contributed by atoms with van der Waals surface area (Å²) in [6.45, 7) is 21.2. The van der Waals surface area contributed by atoms with Crippen LogP contribution in [-0.4, -0.2) is 48.0 Å². The van der Waals surface area contributed by atoms with Crippen molar-refractivity contribution in [3.63, 3.8) is 0 Å². The van der Waals surface area contributed by atoms with E-state index in [2.05, 4.69) is 208 Å². The molecule has 0 bridgehead atoms. The van der Waals surface area contributed by atoms with Crippen molar-refractivity contribution in [2.75, 3.05) is 36.0 Å². The van der Waals surface area contributed by atoms with Gasteiger partial charge >= 0.3 is 0 Å². The summed E-state index contributed by atoms with van der Waals surface area (Å²) in [5.41, 5.74) is 15.5. The van der Waals surface area contributed by atoms with Crippen LogP contribution in [0.3, 0.4) is 0 Å². The van der Waals surface area contributed by atoms with Gasteiger partial charge in [-0.3, -0.25) is 0 Å². The van der Waals surface area contributed by atoms with Crippen molar-refractivity contribution in [1.29, 1.82) is 0 Å². The zero-order chi connectivity index (χ0) is 40.2. The number of hydrogen-bond acceptors (Lipinski definition) is 2. The molecule has 288 valence electrons. The molecule has 0 N–H and O–H groups in total. The van der Waals surface area contributed by atoms with Crippen LogP contribution in [0.4, 0.5) is 22.7 Å². The fraction of sp³-hybridized carbons (Fsp3) is 0.222. The van der Waals surface area contributed by atoms with Crippen LogP contribution in [0.2, 0.25) is 0 Å². The molecule has 0 unspecified atom stereocenters. The molecule has 2 aliphatic heterocycles. The number of benzene rings is 8. The Labute approximate surface area is 343 Å². The van der Waals surface area contributed by atoms with E-state index >= 15 is 0 Å². The van der Waals surface area contributed by atoms with E-state index in [9.17, 15) is 0 Å². The van der Waals surface area contributed by atoms with E-state index in [4.69, 9.17) is 0 Å². The molecule has 8 aromatic rings. The lowest BCUT2D eigenvalue weighted by molar-refractivity contribution is -0.422. The number of nitrogens with zero attached hydrogens (tertiary/aromatic N) is 4. The second-order valence-electron chi connectivity index (χ2n) is 16.6. The quantitative estimate of drug-likeness (QED) is 0.131. The Balaban J connectivity index is 0.000000150. The number of fused-ring (bicyclic) bond motifs is 4. The topological polar surface area (TPSA) is 12.5 Å². The normalized spacial score (nSPS) is 14.1. The predicted octanol–water partition coefficient (Wildman–Crippen LogP) is 12.6. The highest BCUT2D eigenvalue weighted by Crippen LogP contribution is 2.37. The molecular formula is C54H52N4. The summed E-state index contributed by atoms with van der Waals surface area (Å²) in [7, 11) is 0. The van der Waals surface area contributed by atoms with E-state index in [1.54, 1.807) is 0 Å². The SMILES string of the molecule is Cc1ccc2ccc(C)c(N3[C-]=[N+](c4c(C)ccc5ccc(C)cc45)CC3)c2c1.Cc1ccc2ccc(C)c(N3[C-]=[N+](c4c(C)ccc5ccc(C)cc45)CC3)c2c1. The highest BCUT2D eigenvalue weighted by atomic mass is 15.3. The van der Waals surface area contributed by atoms with Crippen LogP contribution < -0.4 is 9.80 Å². The molecule has 0 aromatic heterocycles. The van der Waals surface area contributed by atoms with Gasteiger partial charge < -0.3 is 19.0 Å². The predicted molar refractivity (Wildman–Crippen MR) is 248 cm³/mol. The van der Waals surface area contributed by atoms with Crippen LogP contribution in [-0.2, 0) is 0 Å². The van der Waals surface area contributed by atoms with E-state index in [1.807, 2.05) is 0 Å². The van der Waals surface area contributed by atoms with Gasteiger partial charge in [0.2, 0.25) is 12.7 Å². The summed E-state index contributed by atoms with van der Waals surface area (Å²) in [5.74, 6) is 0. The number of aryl methyl sites for hydroxylation is 8. The zero-order valence-corrected chi connectivity index (χ0v) is 35.2. The van der Waals surface area contributed by atoms with Crippen LogP contribution in [0.15, 0.2) is 121 Å². The smallest absolute Gasteiger partial charge is 0.206 e. The van der Waals surface area contributed by atoms with E-state index in [0.717, 1.165) is 26.2 Å². The van der Waals surface area contributed by atoms with Gasteiger partial charge in [0.1, 0.15) is 26.2 Å². The summed E-state index contributed by atoms with van der Waals surface area (Å²) in [4.78, 5) is 4.62. The summed E-state index contributed by atoms with van der Waals surface area (Å²) in [6.07, 6.45) is 7.39. The minimum atomic E-state index is 0.940. The summed E-state index contributed by atoms with van der Waals surface area (Å²) in [6, 6.07) is 44.6.